The minimum absolute atomic E-state index is 1.11. The normalized spacial score (nSPS) is 14.4. The van der Waals surface area contributed by atoms with Crippen LogP contribution in [0.4, 0.5) is 0 Å². The number of aryl methyl sites for hydroxylation is 4. The van der Waals surface area contributed by atoms with E-state index in [0.29, 0.717) is 0 Å². The molecule has 0 fully saturated rings. The first-order chi connectivity index (χ1) is 10.2. The van der Waals surface area contributed by atoms with Crippen molar-refractivity contribution >= 4 is 21.4 Å². The summed E-state index contributed by atoms with van der Waals surface area (Å²) in [7, 11) is 0. The van der Waals surface area contributed by atoms with E-state index in [9.17, 15) is 0 Å². The number of thiophene rings is 1. The minimum atomic E-state index is 1.11. The zero-order chi connectivity index (χ0) is 14.4. The molecular formula is C19H19NS. The molecule has 0 spiro atoms. The summed E-state index contributed by atoms with van der Waals surface area (Å²) in [5.74, 6) is 0. The van der Waals surface area contributed by atoms with Gasteiger partial charge >= 0.3 is 0 Å². The van der Waals surface area contributed by atoms with Gasteiger partial charge in [-0.15, -0.1) is 11.3 Å². The topological polar surface area (TPSA) is 12.9 Å². The molecule has 1 aliphatic rings. The van der Waals surface area contributed by atoms with Crippen LogP contribution in [0.5, 0.6) is 0 Å². The average Bonchev–Trinajstić information content (AvgIpc) is 2.89. The van der Waals surface area contributed by atoms with Gasteiger partial charge in [-0.05, 0) is 67.7 Å². The van der Waals surface area contributed by atoms with Gasteiger partial charge in [0.05, 0.1) is 5.69 Å². The smallest absolute Gasteiger partial charge is 0.0719 e. The lowest BCUT2D eigenvalue weighted by Crippen LogP contribution is -1.97. The van der Waals surface area contributed by atoms with Crippen molar-refractivity contribution in [2.75, 3.05) is 0 Å². The van der Waals surface area contributed by atoms with Crippen LogP contribution in [0.15, 0.2) is 30.5 Å². The first kappa shape index (κ1) is 13.0. The van der Waals surface area contributed by atoms with Crippen LogP contribution in [-0.4, -0.2) is 4.98 Å². The van der Waals surface area contributed by atoms with Gasteiger partial charge in [-0.2, -0.15) is 0 Å². The van der Waals surface area contributed by atoms with Crippen LogP contribution in [0.2, 0.25) is 0 Å². The van der Waals surface area contributed by atoms with E-state index in [0.717, 1.165) is 5.69 Å². The summed E-state index contributed by atoms with van der Waals surface area (Å²) in [5.41, 5.74) is 6.60. The van der Waals surface area contributed by atoms with Gasteiger partial charge in [0.2, 0.25) is 0 Å². The van der Waals surface area contributed by atoms with Crippen LogP contribution in [0.25, 0.3) is 21.3 Å². The van der Waals surface area contributed by atoms with Gasteiger partial charge in [-0.25, -0.2) is 0 Å². The number of aromatic nitrogens is 1. The third-order valence-corrected chi connectivity index (χ3v) is 5.97. The maximum atomic E-state index is 4.67. The number of pyridine rings is 1. The van der Waals surface area contributed by atoms with E-state index in [1.54, 1.807) is 10.4 Å². The maximum Gasteiger partial charge on any atom is 0.0719 e. The molecule has 2 heterocycles. The second-order valence-corrected chi connectivity index (χ2v) is 7.15. The minimum Gasteiger partial charge on any atom is -0.256 e. The van der Waals surface area contributed by atoms with Crippen molar-refractivity contribution in [3.05, 3.63) is 52.0 Å². The SMILES string of the molecule is Cc1cnc(-c2cccc3c4c(sc23)CCCC4)cc1C. The predicted molar refractivity (Wildman–Crippen MR) is 91.2 cm³/mol. The van der Waals surface area contributed by atoms with Gasteiger partial charge in [0, 0.05) is 21.3 Å². The molecular weight excluding hydrogens is 274 g/mol. The fourth-order valence-electron chi connectivity index (χ4n) is 3.26. The van der Waals surface area contributed by atoms with Crippen LogP contribution >= 0.6 is 11.3 Å². The molecule has 4 rings (SSSR count). The Kier molecular flexibility index (Phi) is 3.07. The van der Waals surface area contributed by atoms with E-state index in [1.165, 1.54) is 52.5 Å². The van der Waals surface area contributed by atoms with Crippen molar-refractivity contribution in [2.24, 2.45) is 0 Å². The van der Waals surface area contributed by atoms with E-state index >= 15 is 0 Å². The van der Waals surface area contributed by atoms with E-state index in [1.807, 2.05) is 17.5 Å². The highest BCUT2D eigenvalue weighted by molar-refractivity contribution is 7.19. The molecule has 0 saturated heterocycles. The molecule has 1 aliphatic carbocycles. The van der Waals surface area contributed by atoms with Gasteiger partial charge in [0.15, 0.2) is 0 Å². The monoisotopic (exact) mass is 293 g/mol. The van der Waals surface area contributed by atoms with Gasteiger partial charge in [-0.3, -0.25) is 4.98 Å². The summed E-state index contributed by atoms with van der Waals surface area (Å²) in [6.45, 7) is 4.29. The van der Waals surface area contributed by atoms with Crippen molar-refractivity contribution in [1.82, 2.24) is 4.98 Å². The summed E-state index contributed by atoms with van der Waals surface area (Å²) >= 11 is 1.99. The van der Waals surface area contributed by atoms with Crippen molar-refractivity contribution in [3.8, 4) is 11.3 Å². The Bertz CT molecular complexity index is 829. The van der Waals surface area contributed by atoms with Crippen molar-refractivity contribution in [1.29, 1.82) is 0 Å². The Balaban J connectivity index is 1.96. The van der Waals surface area contributed by atoms with Gasteiger partial charge in [-0.1, -0.05) is 18.2 Å². The summed E-state index contributed by atoms with van der Waals surface area (Å²) in [6, 6.07) is 8.93. The molecule has 1 nitrogen and oxygen atoms in total. The summed E-state index contributed by atoms with van der Waals surface area (Å²) in [6.07, 6.45) is 7.19. The quantitative estimate of drug-likeness (QED) is 0.580. The van der Waals surface area contributed by atoms with E-state index in [-0.39, 0.29) is 0 Å². The Labute approximate surface area is 129 Å². The molecule has 106 valence electrons. The van der Waals surface area contributed by atoms with Crippen molar-refractivity contribution < 1.29 is 0 Å². The third-order valence-electron chi connectivity index (χ3n) is 4.63. The van der Waals surface area contributed by atoms with Gasteiger partial charge < -0.3 is 0 Å². The standard InChI is InChI=1S/C19H19NS/c1-12-10-17(20-11-13(12)2)16-8-5-7-15-14-6-3-4-9-18(14)21-19(15)16/h5,7-8,10-11H,3-4,6,9H2,1-2H3. The average molecular weight is 293 g/mol. The van der Waals surface area contributed by atoms with Crippen LogP contribution in [0.3, 0.4) is 0 Å². The molecule has 0 N–H and O–H groups in total. The Morgan fingerprint density at radius 1 is 1.05 bits per heavy atom. The van der Waals surface area contributed by atoms with Crippen molar-refractivity contribution in [3.63, 3.8) is 0 Å². The highest BCUT2D eigenvalue weighted by atomic mass is 32.1. The number of benzene rings is 1. The molecule has 0 aliphatic heterocycles. The number of nitrogens with zero attached hydrogens (tertiary/aromatic N) is 1. The molecule has 2 heteroatoms. The molecule has 0 unspecified atom stereocenters. The Morgan fingerprint density at radius 3 is 2.76 bits per heavy atom. The first-order valence-electron chi connectivity index (χ1n) is 7.71. The largest absolute Gasteiger partial charge is 0.256 e. The fraction of sp³-hybridized carbons (Fsp3) is 0.316. The molecule has 0 atom stereocenters. The lowest BCUT2D eigenvalue weighted by Gasteiger charge is -2.10. The Hall–Kier alpha value is -1.67. The number of hydrogen-bond donors (Lipinski definition) is 0. The number of hydrogen-bond acceptors (Lipinski definition) is 2. The lowest BCUT2D eigenvalue weighted by atomic mass is 9.95. The van der Waals surface area contributed by atoms with Crippen LogP contribution in [0.1, 0.15) is 34.4 Å². The Morgan fingerprint density at radius 2 is 1.90 bits per heavy atom. The molecule has 0 saturated carbocycles. The first-order valence-corrected chi connectivity index (χ1v) is 8.52. The molecule has 1 aromatic carbocycles. The zero-order valence-corrected chi connectivity index (χ0v) is 13.4. The highest BCUT2D eigenvalue weighted by Gasteiger charge is 2.18. The molecule has 3 aromatic rings. The predicted octanol–water partition coefficient (Wildman–Crippen LogP) is 5.46. The van der Waals surface area contributed by atoms with Gasteiger partial charge in [0.1, 0.15) is 0 Å². The highest BCUT2D eigenvalue weighted by Crippen LogP contribution is 2.40. The van der Waals surface area contributed by atoms with Crippen molar-refractivity contribution in [2.45, 2.75) is 39.5 Å². The van der Waals surface area contributed by atoms with Gasteiger partial charge in [0.25, 0.3) is 0 Å². The summed E-state index contributed by atoms with van der Waals surface area (Å²) in [4.78, 5) is 6.28. The van der Waals surface area contributed by atoms with Crippen LogP contribution in [-0.2, 0) is 12.8 Å². The second kappa shape index (κ2) is 4.96. The van der Waals surface area contributed by atoms with E-state index in [2.05, 4.69) is 43.1 Å². The lowest BCUT2D eigenvalue weighted by molar-refractivity contribution is 0.700. The number of fused-ring (bicyclic) bond motifs is 3. The fourth-order valence-corrected chi connectivity index (χ4v) is 4.67. The molecule has 2 aromatic heterocycles. The third kappa shape index (κ3) is 2.09. The molecule has 0 amide bonds. The molecule has 0 bridgehead atoms. The van der Waals surface area contributed by atoms with E-state index in [4.69, 9.17) is 0 Å². The summed E-state index contributed by atoms with van der Waals surface area (Å²) < 4.78 is 1.43. The number of rotatable bonds is 1. The van der Waals surface area contributed by atoms with E-state index < -0.39 is 0 Å². The van der Waals surface area contributed by atoms with Crippen LogP contribution in [0, 0.1) is 13.8 Å². The maximum absolute atomic E-state index is 4.67. The molecule has 21 heavy (non-hydrogen) atoms. The summed E-state index contributed by atoms with van der Waals surface area (Å²) in [5, 5.41) is 1.47. The van der Waals surface area contributed by atoms with Crippen LogP contribution < -0.4 is 0 Å². The zero-order valence-electron chi connectivity index (χ0n) is 12.6. The second-order valence-electron chi connectivity index (χ2n) is 6.05. The molecule has 0 radical (unpaired) electrons.